The fourth-order valence-corrected chi connectivity index (χ4v) is 4.01. The molecule has 1 amide bonds. The second-order valence-corrected chi connectivity index (χ2v) is 7.81. The SMILES string of the molecule is CC(C)Oc1ccccc1C(=O)NCC(C)N1CCc2sccc2C1. The Morgan fingerprint density at radius 2 is 2.08 bits per heavy atom. The molecule has 0 saturated carbocycles. The number of rotatable bonds is 6. The third kappa shape index (κ3) is 4.41. The predicted molar refractivity (Wildman–Crippen MR) is 102 cm³/mol. The number of carbonyl (C=O) groups is 1. The monoisotopic (exact) mass is 358 g/mol. The van der Waals surface area contributed by atoms with Crippen LogP contribution in [0.2, 0.25) is 0 Å². The Labute approximate surface area is 153 Å². The first-order valence-electron chi connectivity index (χ1n) is 8.87. The van der Waals surface area contributed by atoms with Crippen LogP contribution in [0, 0.1) is 0 Å². The first kappa shape index (κ1) is 18.0. The van der Waals surface area contributed by atoms with Crippen LogP contribution in [0.15, 0.2) is 35.7 Å². The van der Waals surface area contributed by atoms with Crippen LogP contribution < -0.4 is 10.1 Å². The standard InChI is InChI=1S/C20H26N2O2S/c1-14(2)24-18-7-5-4-6-17(18)20(23)21-12-15(3)22-10-8-19-16(13-22)9-11-25-19/h4-7,9,11,14-15H,8,10,12-13H2,1-3H3,(H,21,23). The molecule has 0 spiro atoms. The van der Waals surface area contributed by atoms with Crippen LogP contribution in [0.25, 0.3) is 0 Å². The second-order valence-electron chi connectivity index (χ2n) is 6.81. The molecule has 1 aromatic heterocycles. The summed E-state index contributed by atoms with van der Waals surface area (Å²) >= 11 is 1.85. The van der Waals surface area contributed by atoms with Gasteiger partial charge in [-0.3, -0.25) is 9.69 Å². The molecule has 2 aromatic rings. The van der Waals surface area contributed by atoms with Gasteiger partial charge in [0.15, 0.2) is 0 Å². The molecule has 1 atom stereocenters. The van der Waals surface area contributed by atoms with E-state index in [9.17, 15) is 4.79 Å². The van der Waals surface area contributed by atoms with E-state index in [0.717, 1.165) is 19.5 Å². The molecule has 134 valence electrons. The molecular weight excluding hydrogens is 332 g/mol. The van der Waals surface area contributed by atoms with Gasteiger partial charge in [-0.1, -0.05) is 12.1 Å². The number of para-hydroxylation sites is 1. The molecule has 4 nitrogen and oxygen atoms in total. The van der Waals surface area contributed by atoms with Gasteiger partial charge in [0.05, 0.1) is 11.7 Å². The molecule has 5 heteroatoms. The molecule has 1 unspecified atom stereocenters. The van der Waals surface area contributed by atoms with Gasteiger partial charge in [0.1, 0.15) is 5.75 Å². The second kappa shape index (κ2) is 8.02. The normalized spacial score (nSPS) is 15.7. The van der Waals surface area contributed by atoms with Crippen molar-refractivity contribution < 1.29 is 9.53 Å². The molecule has 1 aliphatic heterocycles. The Kier molecular flexibility index (Phi) is 5.76. The zero-order valence-corrected chi connectivity index (χ0v) is 15.9. The van der Waals surface area contributed by atoms with Gasteiger partial charge in [0.2, 0.25) is 0 Å². The molecular formula is C20H26N2O2S. The Hall–Kier alpha value is -1.85. The third-order valence-corrected chi connectivity index (χ3v) is 5.54. The van der Waals surface area contributed by atoms with Crippen LogP contribution in [0.3, 0.4) is 0 Å². The Balaban J connectivity index is 1.57. The topological polar surface area (TPSA) is 41.6 Å². The zero-order valence-electron chi connectivity index (χ0n) is 15.1. The van der Waals surface area contributed by atoms with Gasteiger partial charge in [-0.25, -0.2) is 0 Å². The van der Waals surface area contributed by atoms with Crippen LogP contribution in [0.1, 0.15) is 41.6 Å². The lowest BCUT2D eigenvalue weighted by atomic mass is 10.1. The average Bonchev–Trinajstić information content (AvgIpc) is 3.07. The minimum Gasteiger partial charge on any atom is -0.490 e. The largest absolute Gasteiger partial charge is 0.490 e. The maximum atomic E-state index is 12.6. The van der Waals surface area contributed by atoms with Crippen molar-refractivity contribution in [2.24, 2.45) is 0 Å². The first-order chi connectivity index (χ1) is 12.0. The molecule has 25 heavy (non-hydrogen) atoms. The molecule has 0 radical (unpaired) electrons. The van der Waals surface area contributed by atoms with Gasteiger partial charge in [0.25, 0.3) is 5.91 Å². The fourth-order valence-electron chi connectivity index (χ4n) is 3.12. The molecule has 1 aromatic carbocycles. The number of hydrogen-bond donors (Lipinski definition) is 1. The summed E-state index contributed by atoms with van der Waals surface area (Å²) in [5.74, 6) is 0.569. The lowest BCUT2D eigenvalue weighted by molar-refractivity contribution is 0.0927. The van der Waals surface area contributed by atoms with E-state index in [4.69, 9.17) is 4.74 Å². The number of benzene rings is 1. The first-order valence-corrected chi connectivity index (χ1v) is 9.75. The van der Waals surface area contributed by atoms with Crippen molar-refractivity contribution in [2.45, 2.75) is 45.9 Å². The average molecular weight is 359 g/mol. The lowest BCUT2D eigenvalue weighted by Crippen LogP contribution is -2.44. The molecule has 2 heterocycles. The summed E-state index contributed by atoms with van der Waals surface area (Å²) in [5.41, 5.74) is 2.03. The molecule has 0 bridgehead atoms. The van der Waals surface area contributed by atoms with E-state index in [2.05, 4.69) is 28.6 Å². The van der Waals surface area contributed by atoms with Gasteiger partial charge >= 0.3 is 0 Å². The molecule has 1 aliphatic rings. The highest BCUT2D eigenvalue weighted by molar-refractivity contribution is 7.10. The lowest BCUT2D eigenvalue weighted by Gasteiger charge is -2.32. The van der Waals surface area contributed by atoms with Gasteiger partial charge in [-0.2, -0.15) is 0 Å². The minimum atomic E-state index is -0.0728. The molecule has 0 aliphatic carbocycles. The summed E-state index contributed by atoms with van der Waals surface area (Å²) in [6, 6.07) is 9.95. The van der Waals surface area contributed by atoms with E-state index < -0.39 is 0 Å². The highest BCUT2D eigenvalue weighted by Gasteiger charge is 2.22. The number of fused-ring (bicyclic) bond motifs is 1. The minimum absolute atomic E-state index is 0.0426. The maximum Gasteiger partial charge on any atom is 0.255 e. The number of ether oxygens (including phenoxy) is 1. The summed E-state index contributed by atoms with van der Waals surface area (Å²) < 4.78 is 5.75. The summed E-state index contributed by atoms with van der Waals surface area (Å²) in [4.78, 5) is 16.5. The van der Waals surface area contributed by atoms with E-state index in [0.29, 0.717) is 23.9 Å². The van der Waals surface area contributed by atoms with E-state index >= 15 is 0 Å². The van der Waals surface area contributed by atoms with Gasteiger partial charge in [-0.05, 0) is 56.3 Å². The van der Waals surface area contributed by atoms with Crippen LogP contribution in [-0.2, 0) is 13.0 Å². The number of amides is 1. The van der Waals surface area contributed by atoms with Crippen LogP contribution in [0.4, 0.5) is 0 Å². The summed E-state index contributed by atoms with van der Waals surface area (Å²) in [5, 5.41) is 5.24. The summed E-state index contributed by atoms with van der Waals surface area (Å²) in [7, 11) is 0. The van der Waals surface area contributed by atoms with E-state index in [-0.39, 0.29) is 12.0 Å². The maximum absolute atomic E-state index is 12.6. The fraction of sp³-hybridized carbons (Fsp3) is 0.450. The van der Waals surface area contributed by atoms with E-state index in [1.54, 1.807) is 0 Å². The number of nitrogens with one attached hydrogen (secondary N) is 1. The predicted octanol–water partition coefficient (Wildman–Crippen LogP) is 3.71. The van der Waals surface area contributed by atoms with Gasteiger partial charge in [0, 0.05) is 30.6 Å². The number of nitrogens with zero attached hydrogens (tertiary/aromatic N) is 1. The number of thiophene rings is 1. The smallest absolute Gasteiger partial charge is 0.255 e. The van der Waals surface area contributed by atoms with Crippen molar-refractivity contribution in [3.05, 3.63) is 51.7 Å². The third-order valence-electron chi connectivity index (χ3n) is 4.51. The number of carbonyl (C=O) groups excluding carboxylic acids is 1. The van der Waals surface area contributed by atoms with Crippen LogP contribution >= 0.6 is 11.3 Å². The summed E-state index contributed by atoms with van der Waals surface area (Å²) in [6.07, 6.45) is 1.15. The molecule has 0 fully saturated rings. The van der Waals surface area contributed by atoms with E-state index in [1.165, 1.54) is 10.4 Å². The van der Waals surface area contributed by atoms with Gasteiger partial charge < -0.3 is 10.1 Å². The molecule has 0 saturated heterocycles. The van der Waals surface area contributed by atoms with Gasteiger partial charge in [-0.15, -0.1) is 11.3 Å². The summed E-state index contributed by atoms with van der Waals surface area (Å²) in [6.45, 7) is 8.76. The Morgan fingerprint density at radius 1 is 1.28 bits per heavy atom. The van der Waals surface area contributed by atoms with Crippen molar-refractivity contribution in [1.82, 2.24) is 10.2 Å². The van der Waals surface area contributed by atoms with Crippen molar-refractivity contribution >= 4 is 17.2 Å². The van der Waals surface area contributed by atoms with Crippen molar-refractivity contribution in [3.8, 4) is 5.75 Å². The number of hydrogen-bond acceptors (Lipinski definition) is 4. The van der Waals surface area contributed by atoms with E-state index in [1.807, 2.05) is 49.4 Å². The molecule has 3 rings (SSSR count). The van der Waals surface area contributed by atoms with Crippen molar-refractivity contribution in [2.75, 3.05) is 13.1 Å². The Morgan fingerprint density at radius 3 is 2.88 bits per heavy atom. The zero-order chi connectivity index (χ0) is 17.8. The quantitative estimate of drug-likeness (QED) is 0.856. The highest BCUT2D eigenvalue weighted by atomic mass is 32.1. The Bertz CT molecular complexity index is 726. The highest BCUT2D eigenvalue weighted by Crippen LogP contribution is 2.25. The van der Waals surface area contributed by atoms with Crippen molar-refractivity contribution in [1.29, 1.82) is 0 Å². The molecule has 1 N–H and O–H groups in total. The van der Waals surface area contributed by atoms with Crippen LogP contribution in [-0.4, -0.2) is 36.0 Å². The van der Waals surface area contributed by atoms with Crippen LogP contribution in [0.5, 0.6) is 5.75 Å². The van der Waals surface area contributed by atoms with Crippen molar-refractivity contribution in [3.63, 3.8) is 0 Å².